The zero-order valence-electron chi connectivity index (χ0n) is 16.8. The Labute approximate surface area is 175 Å². The topological polar surface area (TPSA) is 58.1 Å². The maximum absolute atomic E-state index is 5.63. The lowest BCUT2D eigenvalue weighted by atomic mass is 10.2. The molecule has 7 heteroatoms. The number of ether oxygens (including phenoxy) is 2. The van der Waals surface area contributed by atoms with Crippen molar-refractivity contribution < 1.29 is 9.47 Å². The van der Waals surface area contributed by atoms with Crippen LogP contribution in [0.4, 0.5) is 5.69 Å². The van der Waals surface area contributed by atoms with Crippen LogP contribution in [-0.4, -0.2) is 57.3 Å². The first-order chi connectivity index (χ1) is 12.2. The summed E-state index contributed by atoms with van der Waals surface area (Å²) in [5, 5.41) is 6.62. The van der Waals surface area contributed by atoms with Gasteiger partial charge >= 0.3 is 0 Å². The van der Waals surface area contributed by atoms with E-state index in [0.29, 0.717) is 6.61 Å². The first-order valence-electron chi connectivity index (χ1n) is 9.26. The molecule has 150 valence electrons. The third-order valence-electron chi connectivity index (χ3n) is 3.74. The van der Waals surface area contributed by atoms with Gasteiger partial charge in [0.2, 0.25) is 0 Å². The largest absolute Gasteiger partial charge is 0.493 e. The fourth-order valence-corrected chi connectivity index (χ4v) is 2.51. The van der Waals surface area contributed by atoms with Gasteiger partial charge in [-0.05, 0) is 45.5 Å². The molecule has 6 nitrogen and oxygen atoms in total. The number of aliphatic imine (C=N–C) groups is 1. The summed E-state index contributed by atoms with van der Waals surface area (Å²) in [4.78, 5) is 7.09. The Balaban J connectivity index is 0.00000625. The van der Waals surface area contributed by atoms with E-state index in [1.165, 1.54) is 6.42 Å². The molecule has 0 amide bonds. The van der Waals surface area contributed by atoms with Crippen molar-refractivity contribution >= 4 is 35.6 Å². The van der Waals surface area contributed by atoms with Crippen molar-refractivity contribution in [2.75, 3.05) is 51.8 Å². The molecule has 0 unspecified atom stereocenters. The molecule has 2 N–H and O–H groups in total. The molecule has 0 atom stereocenters. The second kappa shape index (κ2) is 14.9. The summed E-state index contributed by atoms with van der Waals surface area (Å²) in [5.41, 5.74) is 0.921. The Kier molecular flexibility index (Phi) is 14.2. The number of likely N-dealkylation sites (N-methyl/N-ethyl adjacent to an activating group) is 1. The number of nitrogens with zero attached hydrogens (tertiary/aromatic N) is 2. The number of nitrogens with one attached hydrogen (secondary N) is 2. The number of hydrogen-bond acceptors (Lipinski definition) is 4. The molecular weight excluding hydrogens is 443 g/mol. The van der Waals surface area contributed by atoms with Gasteiger partial charge in [-0.3, -0.25) is 4.99 Å². The zero-order chi connectivity index (χ0) is 18.5. The summed E-state index contributed by atoms with van der Waals surface area (Å²) in [6.07, 6.45) is 1.17. The van der Waals surface area contributed by atoms with Crippen molar-refractivity contribution in [3.05, 3.63) is 18.2 Å². The van der Waals surface area contributed by atoms with Gasteiger partial charge in [-0.15, -0.1) is 24.0 Å². The van der Waals surface area contributed by atoms with E-state index in [1.54, 1.807) is 7.11 Å². The predicted octanol–water partition coefficient (Wildman–Crippen LogP) is 3.82. The predicted molar refractivity (Wildman–Crippen MR) is 122 cm³/mol. The standard InChI is InChI=1S/C19H34N4O2.HI/c1-6-13-23(8-3)14-12-21-19(20-7-2)22-16-10-11-17(24-5)18(15-16)25-9-4;/h10-11,15H,6-9,12-14H2,1-5H3,(H2,20,21,22);1H. The van der Waals surface area contributed by atoms with Gasteiger partial charge in [0.05, 0.1) is 20.3 Å². The minimum Gasteiger partial charge on any atom is -0.493 e. The number of benzene rings is 1. The Hall–Kier alpha value is -1.22. The van der Waals surface area contributed by atoms with E-state index < -0.39 is 0 Å². The summed E-state index contributed by atoms with van der Waals surface area (Å²) in [6.45, 7) is 13.7. The van der Waals surface area contributed by atoms with Gasteiger partial charge in [0, 0.05) is 24.8 Å². The molecule has 0 heterocycles. The van der Waals surface area contributed by atoms with E-state index in [1.807, 2.05) is 25.1 Å². The molecule has 0 radical (unpaired) electrons. The fraction of sp³-hybridized carbons (Fsp3) is 0.632. The Morgan fingerprint density at radius 1 is 1.12 bits per heavy atom. The molecule has 0 saturated heterocycles. The number of methoxy groups -OCH3 is 1. The first kappa shape index (κ1) is 24.8. The maximum atomic E-state index is 5.63. The van der Waals surface area contributed by atoms with E-state index in [9.17, 15) is 0 Å². The zero-order valence-corrected chi connectivity index (χ0v) is 19.1. The SMILES string of the molecule is CCCN(CC)CCN=C(NCC)Nc1ccc(OC)c(OCC)c1.I. The third-order valence-corrected chi connectivity index (χ3v) is 3.74. The number of hydrogen-bond donors (Lipinski definition) is 2. The van der Waals surface area contributed by atoms with Crippen molar-refractivity contribution in [1.82, 2.24) is 10.2 Å². The molecule has 1 aromatic rings. The fourth-order valence-electron chi connectivity index (χ4n) is 2.51. The summed E-state index contributed by atoms with van der Waals surface area (Å²) < 4.78 is 11.0. The molecule has 0 bridgehead atoms. The van der Waals surface area contributed by atoms with E-state index >= 15 is 0 Å². The molecular formula is C19H35IN4O2. The normalized spacial score (nSPS) is 11.1. The second-order valence-electron chi connectivity index (χ2n) is 5.62. The minimum absolute atomic E-state index is 0. The van der Waals surface area contributed by atoms with Gasteiger partial charge in [0.25, 0.3) is 0 Å². The Bertz CT molecular complexity index is 526. The van der Waals surface area contributed by atoms with E-state index in [4.69, 9.17) is 9.47 Å². The maximum Gasteiger partial charge on any atom is 0.195 e. The van der Waals surface area contributed by atoms with Crippen LogP contribution in [0.25, 0.3) is 0 Å². The number of anilines is 1. The van der Waals surface area contributed by atoms with Crippen molar-refractivity contribution in [3.8, 4) is 11.5 Å². The molecule has 0 aromatic heterocycles. The van der Waals surface area contributed by atoms with Crippen LogP contribution in [0.1, 0.15) is 34.1 Å². The third kappa shape index (κ3) is 8.93. The molecule has 0 aliphatic heterocycles. The van der Waals surface area contributed by atoms with Crippen molar-refractivity contribution in [1.29, 1.82) is 0 Å². The van der Waals surface area contributed by atoms with Crippen molar-refractivity contribution in [3.63, 3.8) is 0 Å². The molecule has 0 aliphatic carbocycles. The van der Waals surface area contributed by atoms with Gasteiger partial charge in [0.15, 0.2) is 17.5 Å². The second-order valence-corrected chi connectivity index (χ2v) is 5.62. The molecule has 26 heavy (non-hydrogen) atoms. The van der Waals surface area contributed by atoms with Gasteiger partial charge in [0.1, 0.15) is 0 Å². The average molecular weight is 478 g/mol. The van der Waals surface area contributed by atoms with E-state index in [0.717, 1.165) is 55.9 Å². The minimum atomic E-state index is 0. The molecule has 0 spiro atoms. The highest BCUT2D eigenvalue weighted by atomic mass is 127. The average Bonchev–Trinajstić information content (AvgIpc) is 2.61. The van der Waals surface area contributed by atoms with E-state index in [2.05, 4.69) is 41.3 Å². The lowest BCUT2D eigenvalue weighted by molar-refractivity contribution is 0.297. The van der Waals surface area contributed by atoms with Crippen LogP contribution in [0.2, 0.25) is 0 Å². The lowest BCUT2D eigenvalue weighted by Gasteiger charge is -2.19. The van der Waals surface area contributed by atoms with E-state index in [-0.39, 0.29) is 24.0 Å². The van der Waals surface area contributed by atoms with Crippen LogP contribution < -0.4 is 20.1 Å². The van der Waals surface area contributed by atoms with Crippen LogP contribution in [0, 0.1) is 0 Å². The lowest BCUT2D eigenvalue weighted by Crippen LogP contribution is -2.32. The van der Waals surface area contributed by atoms with Gasteiger partial charge < -0.3 is 25.0 Å². The number of rotatable bonds is 11. The first-order valence-corrected chi connectivity index (χ1v) is 9.26. The smallest absolute Gasteiger partial charge is 0.195 e. The molecule has 0 fully saturated rings. The highest BCUT2D eigenvalue weighted by molar-refractivity contribution is 14.0. The van der Waals surface area contributed by atoms with Crippen molar-refractivity contribution in [2.24, 2.45) is 4.99 Å². The summed E-state index contributed by atoms with van der Waals surface area (Å²) >= 11 is 0. The van der Waals surface area contributed by atoms with Crippen molar-refractivity contribution in [2.45, 2.75) is 34.1 Å². The van der Waals surface area contributed by atoms with Crippen LogP contribution in [0.5, 0.6) is 11.5 Å². The molecule has 1 rings (SSSR count). The molecule has 0 saturated carbocycles. The van der Waals surface area contributed by atoms with Crippen LogP contribution in [-0.2, 0) is 0 Å². The quantitative estimate of drug-likeness (QED) is 0.288. The highest BCUT2D eigenvalue weighted by Crippen LogP contribution is 2.30. The van der Waals surface area contributed by atoms with Crippen LogP contribution >= 0.6 is 24.0 Å². The van der Waals surface area contributed by atoms with Gasteiger partial charge in [-0.1, -0.05) is 13.8 Å². The van der Waals surface area contributed by atoms with Gasteiger partial charge in [-0.2, -0.15) is 0 Å². The molecule has 0 aliphatic rings. The number of halogens is 1. The summed E-state index contributed by atoms with van der Waals surface area (Å²) in [5.74, 6) is 2.24. The Morgan fingerprint density at radius 2 is 1.88 bits per heavy atom. The van der Waals surface area contributed by atoms with Crippen LogP contribution in [0.15, 0.2) is 23.2 Å². The monoisotopic (exact) mass is 478 g/mol. The summed E-state index contributed by atoms with van der Waals surface area (Å²) in [7, 11) is 1.65. The Morgan fingerprint density at radius 3 is 2.46 bits per heavy atom. The highest BCUT2D eigenvalue weighted by Gasteiger charge is 2.07. The van der Waals surface area contributed by atoms with Crippen LogP contribution in [0.3, 0.4) is 0 Å². The number of guanidine groups is 1. The summed E-state index contributed by atoms with van der Waals surface area (Å²) in [6, 6.07) is 5.80. The molecule has 1 aromatic carbocycles. The van der Waals surface area contributed by atoms with Gasteiger partial charge in [-0.25, -0.2) is 0 Å².